The lowest BCUT2D eigenvalue weighted by atomic mass is 10.0. The summed E-state index contributed by atoms with van der Waals surface area (Å²) in [6.07, 6.45) is 0. The van der Waals surface area contributed by atoms with Gasteiger partial charge in [-0.3, -0.25) is 10.2 Å². The molecule has 0 aliphatic heterocycles. The van der Waals surface area contributed by atoms with Gasteiger partial charge in [0.2, 0.25) is 0 Å². The summed E-state index contributed by atoms with van der Waals surface area (Å²) in [6, 6.07) is 13.1. The van der Waals surface area contributed by atoms with Gasteiger partial charge >= 0.3 is 0 Å². The van der Waals surface area contributed by atoms with Gasteiger partial charge in [-0.25, -0.2) is 5.43 Å². The Labute approximate surface area is 99.8 Å². The Balaban J connectivity index is 2.32. The number of hydrazine groups is 1. The van der Waals surface area contributed by atoms with E-state index < -0.39 is 6.04 Å². The van der Waals surface area contributed by atoms with Crippen molar-refractivity contribution in [2.75, 3.05) is 7.05 Å². The monoisotopic (exact) mass is 229 g/mol. The van der Waals surface area contributed by atoms with E-state index in [-0.39, 0.29) is 5.91 Å². The number of nitrogens with one attached hydrogen (secondary N) is 2. The molecule has 4 heteroatoms. The number of rotatable bonds is 3. The van der Waals surface area contributed by atoms with Crippen molar-refractivity contribution >= 4 is 16.7 Å². The van der Waals surface area contributed by atoms with Crippen LogP contribution < -0.4 is 16.6 Å². The molecule has 0 aliphatic carbocycles. The van der Waals surface area contributed by atoms with Crippen LogP contribution in [0.4, 0.5) is 0 Å². The summed E-state index contributed by atoms with van der Waals surface area (Å²) in [4.78, 5) is 11.6. The van der Waals surface area contributed by atoms with Crippen molar-refractivity contribution in [3.8, 4) is 0 Å². The van der Waals surface area contributed by atoms with E-state index in [4.69, 9.17) is 5.73 Å². The molecule has 0 fully saturated rings. The Morgan fingerprint density at radius 1 is 1.18 bits per heavy atom. The molecule has 4 nitrogen and oxygen atoms in total. The molecule has 0 aromatic heterocycles. The lowest BCUT2D eigenvalue weighted by Gasteiger charge is -2.12. The fourth-order valence-electron chi connectivity index (χ4n) is 1.75. The van der Waals surface area contributed by atoms with E-state index in [1.165, 1.54) is 0 Å². The zero-order valence-electron chi connectivity index (χ0n) is 9.60. The number of nitrogens with two attached hydrogens (primary N) is 1. The van der Waals surface area contributed by atoms with E-state index in [0.717, 1.165) is 16.3 Å². The number of fused-ring (bicyclic) bond motifs is 1. The fourth-order valence-corrected chi connectivity index (χ4v) is 1.75. The number of benzene rings is 2. The second kappa shape index (κ2) is 4.95. The zero-order chi connectivity index (χ0) is 12.3. The standard InChI is InChI=1S/C13H15N3O/c1-15-16-13(17)12(14)11-7-6-9-4-2-3-5-10(9)8-11/h2-8,12,15H,14H2,1H3,(H,16,17). The highest BCUT2D eigenvalue weighted by Crippen LogP contribution is 2.19. The first kappa shape index (κ1) is 11.6. The second-order valence-electron chi connectivity index (χ2n) is 3.82. The van der Waals surface area contributed by atoms with E-state index in [9.17, 15) is 4.79 Å². The van der Waals surface area contributed by atoms with Crippen molar-refractivity contribution in [3.05, 3.63) is 48.0 Å². The second-order valence-corrected chi connectivity index (χ2v) is 3.82. The third kappa shape index (κ3) is 2.43. The maximum Gasteiger partial charge on any atom is 0.255 e. The third-order valence-corrected chi connectivity index (χ3v) is 2.66. The molecule has 0 saturated carbocycles. The van der Waals surface area contributed by atoms with Gasteiger partial charge in [0.1, 0.15) is 6.04 Å². The molecule has 2 aromatic rings. The number of hydrogen-bond acceptors (Lipinski definition) is 3. The van der Waals surface area contributed by atoms with Gasteiger partial charge in [-0.05, 0) is 22.4 Å². The van der Waals surface area contributed by atoms with Crippen LogP contribution >= 0.6 is 0 Å². The zero-order valence-corrected chi connectivity index (χ0v) is 9.60. The van der Waals surface area contributed by atoms with E-state index in [1.54, 1.807) is 7.05 Å². The molecule has 2 rings (SSSR count). The Morgan fingerprint density at radius 2 is 1.88 bits per heavy atom. The summed E-state index contributed by atoms with van der Waals surface area (Å²) in [5.74, 6) is -0.247. The Bertz CT molecular complexity index is 539. The molecule has 2 aromatic carbocycles. The number of hydrogen-bond donors (Lipinski definition) is 3. The first-order valence-corrected chi connectivity index (χ1v) is 5.43. The van der Waals surface area contributed by atoms with Crippen LogP contribution in [0.2, 0.25) is 0 Å². The van der Waals surface area contributed by atoms with E-state index in [2.05, 4.69) is 10.9 Å². The van der Waals surface area contributed by atoms with Crippen molar-refractivity contribution in [2.24, 2.45) is 5.73 Å². The molecule has 17 heavy (non-hydrogen) atoms. The summed E-state index contributed by atoms with van der Waals surface area (Å²) in [5.41, 5.74) is 11.7. The van der Waals surface area contributed by atoms with Crippen LogP contribution in [0.5, 0.6) is 0 Å². The van der Waals surface area contributed by atoms with Gasteiger partial charge in [0.15, 0.2) is 0 Å². The Hall–Kier alpha value is -1.91. The van der Waals surface area contributed by atoms with Crippen molar-refractivity contribution in [2.45, 2.75) is 6.04 Å². The topological polar surface area (TPSA) is 67.1 Å². The molecule has 0 spiro atoms. The van der Waals surface area contributed by atoms with Crippen LogP contribution in [-0.4, -0.2) is 13.0 Å². The molecule has 0 saturated heterocycles. The van der Waals surface area contributed by atoms with Crippen LogP contribution in [0.15, 0.2) is 42.5 Å². The summed E-state index contributed by atoms with van der Waals surface area (Å²) in [6.45, 7) is 0. The van der Waals surface area contributed by atoms with Crippen LogP contribution in [0.3, 0.4) is 0 Å². The van der Waals surface area contributed by atoms with Gasteiger partial charge in [-0.1, -0.05) is 36.4 Å². The summed E-state index contributed by atoms with van der Waals surface area (Å²) >= 11 is 0. The van der Waals surface area contributed by atoms with Gasteiger partial charge in [0.05, 0.1) is 0 Å². The molecule has 4 N–H and O–H groups in total. The molecular weight excluding hydrogens is 214 g/mol. The lowest BCUT2D eigenvalue weighted by Crippen LogP contribution is -2.40. The predicted molar refractivity (Wildman–Crippen MR) is 68.1 cm³/mol. The third-order valence-electron chi connectivity index (χ3n) is 2.66. The van der Waals surface area contributed by atoms with Crippen LogP contribution in [0, 0.1) is 0 Å². The summed E-state index contributed by atoms with van der Waals surface area (Å²) < 4.78 is 0. The predicted octanol–water partition coefficient (Wildman–Crippen LogP) is 1.09. The fraction of sp³-hybridized carbons (Fsp3) is 0.154. The van der Waals surface area contributed by atoms with Gasteiger partial charge < -0.3 is 5.73 Å². The molecule has 0 aliphatic rings. The minimum absolute atomic E-state index is 0.247. The maximum atomic E-state index is 11.6. The molecule has 1 amide bonds. The molecule has 1 unspecified atom stereocenters. The average molecular weight is 229 g/mol. The molecule has 88 valence electrons. The summed E-state index contributed by atoms with van der Waals surface area (Å²) in [5, 5.41) is 2.22. The first-order valence-electron chi connectivity index (χ1n) is 5.43. The molecule has 0 radical (unpaired) electrons. The van der Waals surface area contributed by atoms with Gasteiger partial charge in [-0.2, -0.15) is 0 Å². The lowest BCUT2D eigenvalue weighted by molar-refractivity contribution is -0.123. The van der Waals surface area contributed by atoms with Crippen LogP contribution in [-0.2, 0) is 4.79 Å². The van der Waals surface area contributed by atoms with Crippen molar-refractivity contribution in [3.63, 3.8) is 0 Å². The van der Waals surface area contributed by atoms with Crippen molar-refractivity contribution < 1.29 is 4.79 Å². The molecule has 0 bridgehead atoms. The number of carbonyl (C=O) groups excluding carboxylic acids is 1. The smallest absolute Gasteiger partial charge is 0.255 e. The van der Waals surface area contributed by atoms with Crippen molar-refractivity contribution in [1.82, 2.24) is 10.9 Å². The van der Waals surface area contributed by atoms with Crippen LogP contribution in [0.25, 0.3) is 10.8 Å². The molecule has 1 atom stereocenters. The van der Waals surface area contributed by atoms with Crippen molar-refractivity contribution in [1.29, 1.82) is 0 Å². The average Bonchev–Trinajstić information content (AvgIpc) is 2.37. The molecular formula is C13H15N3O. The summed E-state index contributed by atoms with van der Waals surface area (Å²) in [7, 11) is 1.63. The van der Waals surface area contributed by atoms with Crippen LogP contribution in [0.1, 0.15) is 11.6 Å². The number of carbonyl (C=O) groups is 1. The Morgan fingerprint density at radius 3 is 2.59 bits per heavy atom. The highest BCUT2D eigenvalue weighted by Gasteiger charge is 2.14. The van der Waals surface area contributed by atoms with Gasteiger partial charge in [0.25, 0.3) is 5.91 Å². The minimum Gasteiger partial charge on any atom is -0.316 e. The SMILES string of the molecule is CNNC(=O)C(N)c1ccc2ccccc2c1. The highest BCUT2D eigenvalue weighted by atomic mass is 16.2. The van der Waals surface area contributed by atoms with E-state index in [0.29, 0.717) is 0 Å². The first-order chi connectivity index (χ1) is 8.22. The van der Waals surface area contributed by atoms with Gasteiger partial charge in [0, 0.05) is 7.05 Å². The quantitative estimate of drug-likeness (QED) is 0.690. The van der Waals surface area contributed by atoms with E-state index >= 15 is 0 Å². The number of amides is 1. The normalized spacial score (nSPS) is 12.4. The molecule has 0 heterocycles. The minimum atomic E-state index is -0.660. The largest absolute Gasteiger partial charge is 0.316 e. The van der Waals surface area contributed by atoms with E-state index in [1.807, 2.05) is 42.5 Å². The van der Waals surface area contributed by atoms with Gasteiger partial charge in [-0.15, -0.1) is 0 Å². The Kier molecular flexibility index (Phi) is 3.37. The maximum absolute atomic E-state index is 11.6. The highest BCUT2D eigenvalue weighted by molar-refractivity contribution is 5.87.